The number of aryl methyl sites for hydroxylation is 1. The van der Waals surface area contributed by atoms with E-state index in [-0.39, 0.29) is 12.5 Å². The quantitative estimate of drug-likeness (QED) is 0.824. The lowest BCUT2D eigenvalue weighted by Gasteiger charge is -2.40. The first-order valence-electron chi connectivity index (χ1n) is 9.82. The molecule has 0 aromatic heterocycles. The topological polar surface area (TPSA) is 32.8 Å². The van der Waals surface area contributed by atoms with Crippen molar-refractivity contribution in [2.24, 2.45) is 11.3 Å². The molecule has 4 nitrogen and oxygen atoms in total. The highest BCUT2D eigenvalue weighted by Crippen LogP contribution is 2.40. The molecule has 1 aromatic carbocycles. The summed E-state index contributed by atoms with van der Waals surface area (Å²) in [5, 5.41) is 0. The molecule has 1 spiro atoms. The Kier molecular flexibility index (Phi) is 4.72. The third-order valence-electron chi connectivity index (χ3n) is 6.13. The van der Waals surface area contributed by atoms with Crippen LogP contribution in [0.5, 0.6) is 5.75 Å². The van der Waals surface area contributed by atoms with Gasteiger partial charge in [-0.05, 0) is 63.6 Å². The second-order valence-corrected chi connectivity index (χ2v) is 8.45. The second-order valence-electron chi connectivity index (χ2n) is 8.45. The van der Waals surface area contributed by atoms with Gasteiger partial charge in [-0.25, -0.2) is 0 Å². The number of ether oxygens (including phenoxy) is 1. The molecule has 136 valence electrons. The third-order valence-corrected chi connectivity index (χ3v) is 6.13. The summed E-state index contributed by atoms with van der Waals surface area (Å²) in [6, 6.07) is 7.90. The molecule has 1 aliphatic carbocycles. The molecule has 3 fully saturated rings. The van der Waals surface area contributed by atoms with Gasteiger partial charge in [-0.2, -0.15) is 0 Å². The van der Waals surface area contributed by atoms with E-state index >= 15 is 0 Å². The maximum Gasteiger partial charge on any atom is 0.260 e. The van der Waals surface area contributed by atoms with Crippen LogP contribution in [0.1, 0.15) is 37.7 Å². The minimum Gasteiger partial charge on any atom is -0.484 e. The van der Waals surface area contributed by atoms with Crippen molar-refractivity contribution in [3.8, 4) is 5.75 Å². The second kappa shape index (κ2) is 6.99. The lowest BCUT2D eigenvalue weighted by atomic mass is 9.79. The molecule has 4 heteroatoms. The molecule has 2 saturated heterocycles. The summed E-state index contributed by atoms with van der Waals surface area (Å²) >= 11 is 0. The van der Waals surface area contributed by atoms with Crippen molar-refractivity contribution >= 4 is 5.91 Å². The van der Waals surface area contributed by atoms with E-state index < -0.39 is 0 Å². The highest BCUT2D eigenvalue weighted by molar-refractivity contribution is 5.78. The summed E-state index contributed by atoms with van der Waals surface area (Å²) in [6.45, 7) is 7.75. The van der Waals surface area contributed by atoms with Crippen LogP contribution < -0.4 is 4.74 Å². The van der Waals surface area contributed by atoms with Gasteiger partial charge in [0.15, 0.2) is 6.61 Å². The average molecular weight is 342 g/mol. The van der Waals surface area contributed by atoms with Crippen molar-refractivity contribution in [2.45, 2.75) is 39.0 Å². The van der Waals surface area contributed by atoms with Gasteiger partial charge in [0.25, 0.3) is 5.91 Å². The molecule has 3 aliphatic rings. The monoisotopic (exact) mass is 342 g/mol. The van der Waals surface area contributed by atoms with Crippen LogP contribution >= 0.6 is 0 Å². The number of piperidine rings is 1. The maximum absolute atomic E-state index is 12.6. The Hall–Kier alpha value is -1.55. The zero-order valence-corrected chi connectivity index (χ0v) is 15.4. The van der Waals surface area contributed by atoms with E-state index in [1.807, 2.05) is 29.2 Å². The molecule has 4 rings (SSSR count). The van der Waals surface area contributed by atoms with Gasteiger partial charge in [-0.1, -0.05) is 17.7 Å². The molecule has 0 radical (unpaired) electrons. The summed E-state index contributed by atoms with van der Waals surface area (Å²) < 4.78 is 5.69. The molecule has 1 saturated carbocycles. The van der Waals surface area contributed by atoms with E-state index in [9.17, 15) is 4.79 Å². The van der Waals surface area contributed by atoms with Crippen LogP contribution in [-0.4, -0.2) is 55.0 Å². The predicted molar refractivity (Wildman–Crippen MR) is 98.7 cm³/mol. The SMILES string of the molecule is Cc1ccc(OCC(=O)N2CC[C@]3(CCCN(CC4CC4)C3)C2)cc1. The number of likely N-dealkylation sites (tertiary alicyclic amines) is 2. The number of carbonyl (C=O) groups excluding carboxylic acids is 1. The minimum absolute atomic E-state index is 0.136. The van der Waals surface area contributed by atoms with Gasteiger partial charge >= 0.3 is 0 Å². The number of amides is 1. The highest BCUT2D eigenvalue weighted by atomic mass is 16.5. The maximum atomic E-state index is 12.6. The minimum atomic E-state index is 0.136. The molecule has 0 N–H and O–H groups in total. The van der Waals surface area contributed by atoms with Gasteiger partial charge in [0.1, 0.15) is 5.75 Å². The Morgan fingerprint density at radius 2 is 1.96 bits per heavy atom. The van der Waals surface area contributed by atoms with Crippen LogP contribution in [0, 0.1) is 18.3 Å². The van der Waals surface area contributed by atoms with Crippen LogP contribution in [0.2, 0.25) is 0 Å². The normalized spacial score (nSPS) is 27.0. The number of hydrogen-bond acceptors (Lipinski definition) is 3. The molecule has 1 atom stereocenters. The molecular formula is C21H30N2O2. The summed E-state index contributed by atoms with van der Waals surface area (Å²) in [5.74, 6) is 1.87. The van der Waals surface area contributed by atoms with E-state index in [2.05, 4.69) is 11.8 Å². The van der Waals surface area contributed by atoms with Gasteiger partial charge in [-0.15, -0.1) is 0 Å². The van der Waals surface area contributed by atoms with E-state index in [0.29, 0.717) is 5.41 Å². The third kappa shape index (κ3) is 4.17. The number of carbonyl (C=O) groups is 1. The first-order valence-corrected chi connectivity index (χ1v) is 9.82. The molecule has 25 heavy (non-hydrogen) atoms. The van der Waals surface area contributed by atoms with Gasteiger partial charge in [0.2, 0.25) is 0 Å². The van der Waals surface area contributed by atoms with E-state index in [4.69, 9.17) is 4.74 Å². The van der Waals surface area contributed by atoms with Crippen molar-refractivity contribution in [3.63, 3.8) is 0 Å². The van der Waals surface area contributed by atoms with Crippen LogP contribution in [0.15, 0.2) is 24.3 Å². The van der Waals surface area contributed by atoms with Crippen LogP contribution in [0.25, 0.3) is 0 Å². The Labute approximate surface area is 151 Å². The molecule has 1 aromatic rings. The van der Waals surface area contributed by atoms with Crippen LogP contribution in [0.3, 0.4) is 0 Å². The summed E-state index contributed by atoms with van der Waals surface area (Å²) in [4.78, 5) is 17.3. The highest BCUT2D eigenvalue weighted by Gasteiger charge is 2.43. The Balaban J connectivity index is 1.28. The van der Waals surface area contributed by atoms with E-state index in [1.54, 1.807) is 0 Å². The van der Waals surface area contributed by atoms with Crippen molar-refractivity contribution in [1.82, 2.24) is 9.80 Å². The summed E-state index contributed by atoms with van der Waals surface area (Å²) in [7, 11) is 0. The van der Waals surface area contributed by atoms with E-state index in [1.165, 1.54) is 50.9 Å². The average Bonchev–Trinajstić information content (AvgIpc) is 3.33. The first kappa shape index (κ1) is 16.9. The van der Waals surface area contributed by atoms with Gasteiger partial charge in [0, 0.05) is 31.6 Å². The Morgan fingerprint density at radius 3 is 2.72 bits per heavy atom. The number of rotatable bonds is 5. The van der Waals surface area contributed by atoms with Gasteiger partial charge in [-0.3, -0.25) is 4.79 Å². The molecule has 0 unspecified atom stereocenters. The number of benzene rings is 1. The molecular weight excluding hydrogens is 312 g/mol. The van der Waals surface area contributed by atoms with Gasteiger partial charge in [0.05, 0.1) is 0 Å². The van der Waals surface area contributed by atoms with Gasteiger partial charge < -0.3 is 14.5 Å². The van der Waals surface area contributed by atoms with Crippen LogP contribution in [0.4, 0.5) is 0 Å². The summed E-state index contributed by atoms with van der Waals surface area (Å²) in [6.07, 6.45) is 6.56. The van der Waals surface area contributed by atoms with E-state index in [0.717, 1.165) is 31.2 Å². The number of hydrogen-bond donors (Lipinski definition) is 0. The smallest absolute Gasteiger partial charge is 0.260 e. The summed E-state index contributed by atoms with van der Waals surface area (Å²) in [5.41, 5.74) is 1.54. The molecule has 0 bridgehead atoms. The number of nitrogens with zero attached hydrogens (tertiary/aromatic N) is 2. The zero-order chi connectivity index (χ0) is 17.3. The largest absolute Gasteiger partial charge is 0.484 e. The van der Waals surface area contributed by atoms with Crippen molar-refractivity contribution < 1.29 is 9.53 Å². The fourth-order valence-electron chi connectivity index (χ4n) is 4.48. The van der Waals surface area contributed by atoms with Crippen molar-refractivity contribution in [2.75, 3.05) is 39.3 Å². The first-order chi connectivity index (χ1) is 12.1. The predicted octanol–water partition coefficient (Wildman–Crippen LogP) is 3.10. The molecule has 2 heterocycles. The Bertz CT molecular complexity index is 611. The van der Waals surface area contributed by atoms with Crippen molar-refractivity contribution in [1.29, 1.82) is 0 Å². The molecule has 1 amide bonds. The lowest BCUT2D eigenvalue weighted by Crippen LogP contribution is -2.46. The molecule has 2 aliphatic heterocycles. The standard InChI is InChI=1S/C21H30N2O2/c1-17-3-7-19(8-4-17)25-14-20(24)23-12-10-21(16-23)9-2-11-22(15-21)13-18-5-6-18/h3-4,7-8,18H,2,5-6,9-16H2,1H3/t21-/m0/s1. The van der Waals surface area contributed by atoms with Crippen LogP contribution in [-0.2, 0) is 4.79 Å². The fraction of sp³-hybridized carbons (Fsp3) is 0.667. The fourth-order valence-corrected chi connectivity index (χ4v) is 4.48. The lowest BCUT2D eigenvalue weighted by molar-refractivity contribution is -0.132. The Morgan fingerprint density at radius 1 is 1.16 bits per heavy atom. The van der Waals surface area contributed by atoms with Crippen molar-refractivity contribution in [3.05, 3.63) is 29.8 Å². The zero-order valence-electron chi connectivity index (χ0n) is 15.4.